The highest BCUT2D eigenvalue weighted by Gasteiger charge is 2.42. The standard InChI is InChI=1S/C25H25N3O3S/c1-16-5-11-19(12-6-16)28-22(29)14-13-20(23(28)21-4-3-15-32-21)25(31)27-18-9-7-17(8-10-18)24(30)26-2/h3-12,15,20,23H,13-14H2,1-2H3,(H,26,30)(H,27,31). The van der Waals surface area contributed by atoms with Gasteiger partial charge in [0.2, 0.25) is 11.8 Å². The number of carbonyl (C=O) groups is 3. The van der Waals surface area contributed by atoms with Gasteiger partial charge in [0, 0.05) is 35.3 Å². The number of thiophene rings is 1. The van der Waals surface area contributed by atoms with Gasteiger partial charge < -0.3 is 15.5 Å². The van der Waals surface area contributed by atoms with E-state index in [1.165, 1.54) is 0 Å². The molecule has 2 atom stereocenters. The minimum atomic E-state index is -0.397. The molecule has 164 valence electrons. The lowest BCUT2D eigenvalue weighted by molar-refractivity contribution is -0.125. The molecule has 7 heteroatoms. The highest BCUT2D eigenvalue weighted by Crippen LogP contribution is 2.42. The summed E-state index contributed by atoms with van der Waals surface area (Å²) in [7, 11) is 1.58. The van der Waals surface area contributed by atoms with Crippen LogP contribution in [0.15, 0.2) is 66.0 Å². The van der Waals surface area contributed by atoms with Crippen LogP contribution in [-0.2, 0) is 9.59 Å². The van der Waals surface area contributed by atoms with Gasteiger partial charge in [-0.3, -0.25) is 14.4 Å². The van der Waals surface area contributed by atoms with E-state index in [1.807, 2.05) is 48.7 Å². The Bertz CT molecular complexity index is 1110. The highest BCUT2D eigenvalue weighted by atomic mass is 32.1. The molecule has 3 aromatic rings. The lowest BCUT2D eigenvalue weighted by Gasteiger charge is -2.40. The number of amides is 3. The summed E-state index contributed by atoms with van der Waals surface area (Å²) in [6.45, 7) is 2.00. The molecule has 6 nitrogen and oxygen atoms in total. The van der Waals surface area contributed by atoms with E-state index in [1.54, 1.807) is 47.5 Å². The van der Waals surface area contributed by atoms with Crippen LogP contribution in [0.5, 0.6) is 0 Å². The number of carbonyl (C=O) groups excluding carboxylic acids is 3. The highest BCUT2D eigenvalue weighted by molar-refractivity contribution is 7.10. The van der Waals surface area contributed by atoms with E-state index in [9.17, 15) is 14.4 Å². The van der Waals surface area contributed by atoms with Gasteiger partial charge in [-0.05, 0) is 61.2 Å². The van der Waals surface area contributed by atoms with Crippen molar-refractivity contribution in [1.29, 1.82) is 0 Å². The number of nitrogens with zero attached hydrogens (tertiary/aromatic N) is 1. The maximum Gasteiger partial charge on any atom is 0.251 e. The molecule has 2 aromatic carbocycles. The van der Waals surface area contributed by atoms with Gasteiger partial charge in [0.15, 0.2) is 0 Å². The predicted molar refractivity (Wildman–Crippen MR) is 127 cm³/mol. The maximum atomic E-state index is 13.4. The zero-order chi connectivity index (χ0) is 22.7. The quantitative estimate of drug-likeness (QED) is 0.603. The lowest BCUT2D eigenvalue weighted by Crippen LogP contribution is -2.46. The number of rotatable bonds is 5. The second-order valence-corrected chi connectivity index (χ2v) is 8.83. The smallest absolute Gasteiger partial charge is 0.251 e. The molecular weight excluding hydrogens is 422 g/mol. The zero-order valence-corrected chi connectivity index (χ0v) is 18.8. The molecule has 0 bridgehead atoms. The number of aryl methyl sites for hydroxylation is 1. The summed E-state index contributed by atoms with van der Waals surface area (Å²) in [4.78, 5) is 40.9. The van der Waals surface area contributed by atoms with E-state index in [0.29, 0.717) is 24.1 Å². The topological polar surface area (TPSA) is 78.5 Å². The number of hydrogen-bond acceptors (Lipinski definition) is 4. The summed E-state index contributed by atoms with van der Waals surface area (Å²) in [5.74, 6) is -0.696. The molecule has 1 aromatic heterocycles. The van der Waals surface area contributed by atoms with Crippen molar-refractivity contribution in [3.63, 3.8) is 0 Å². The van der Waals surface area contributed by atoms with Gasteiger partial charge >= 0.3 is 0 Å². The number of hydrogen-bond donors (Lipinski definition) is 2. The van der Waals surface area contributed by atoms with Gasteiger partial charge in [0.05, 0.1) is 12.0 Å². The molecule has 1 aliphatic heterocycles. The van der Waals surface area contributed by atoms with Crippen LogP contribution in [0.4, 0.5) is 11.4 Å². The zero-order valence-electron chi connectivity index (χ0n) is 18.0. The van der Waals surface area contributed by atoms with E-state index in [2.05, 4.69) is 10.6 Å². The van der Waals surface area contributed by atoms with E-state index in [0.717, 1.165) is 16.1 Å². The molecule has 2 unspecified atom stereocenters. The molecule has 1 fully saturated rings. The molecule has 1 saturated heterocycles. The van der Waals surface area contributed by atoms with Crippen molar-refractivity contribution in [3.8, 4) is 0 Å². The Balaban J connectivity index is 1.62. The van der Waals surface area contributed by atoms with Crippen LogP contribution in [0.2, 0.25) is 0 Å². The summed E-state index contributed by atoms with van der Waals surface area (Å²) < 4.78 is 0. The first-order valence-corrected chi connectivity index (χ1v) is 11.4. The first kappa shape index (κ1) is 21.8. The largest absolute Gasteiger partial charge is 0.355 e. The molecule has 0 aliphatic carbocycles. The van der Waals surface area contributed by atoms with Gasteiger partial charge in [0.1, 0.15) is 0 Å². The summed E-state index contributed by atoms with van der Waals surface area (Å²) >= 11 is 1.55. The van der Waals surface area contributed by atoms with Gasteiger partial charge in [-0.25, -0.2) is 0 Å². The second kappa shape index (κ2) is 9.36. The molecule has 32 heavy (non-hydrogen) atoms. The van der Waals surface area contributed by atoms with Crippen LogP contribution in [0.25, 0.3) is 0 Å². The molecule has 0 radical (unpaired) electrons. The molecule has 4 rings (SSSR count). The van der Waals surface area contributed by atoms with Crippen molar-refractivity contribution in [3.05, 3.63) is 82.0 Å². The van der Waals surface area contributed by atoms with Gasteiger partial charge in [0.25, 0.3) is 5.91 Å². The fraction of sp³-hybridized carbons (Fsp3) is 0.240. The fourth-order valence-electron chi connectivity index (χ4n) is 4.05. The Labute approximate surface area is 191 Å². The van der Waals surface area contributed by atoms with Crippen molar-refractivity contribution in [2.45, 2.75) is 25.8 Å². The Kier molecular flexibility index (Phi) is 6.37. The molecule has 0 spiro atoms. The van der Waals surface area contributed by atoms with Crippen molar-refractivity contribution in [2.75, 3.05) is 17.3 Å². The van der Waals surface area contributed by atoms with Gasteiger partial charge in [-0.1, -0.05) is 23.8 Å². The third kappa shape index (κ3) is 4.43. The fourth-order valence-corrected chi connectivity index (χ4v) is 4.93. The monoisotopic (exact) mass is 447 g/mol. The summed E-state index contributed by atoms with van der Waals surface area (Å²) in [6, 6.07) is 18.2. The normalized spacial score (nSPS) is 18.3. The summed E-state index contributed by atoms with van der Waals surface area (Å²) in [5, 5.41) is 7.53. The summed E-state index contributed by atoms with van der Waals surface area (Å²) in [6.07, 6.45) is 0.787. The number of nitrogens with one attached hydrogen (secondary N) is 2. The predicted octanol–water partition coefficient (Wildman–Crippen LogP) is 4.54. The third-order valence-electron chi connectivity index (χ3n) is 5.72. The van der Waals surface area contributed by atoms with Gasteiger partial charge in [-0.15, -0.1) is 11.3 Å². The molecular formula is C25H25N3O3S. The Hall–Kier alpha value is -3.45. The minimum absolute atomic E-state index is 0.0197. The Morgan fingerprint density at radius 3 is 2.38 bits per heavy atom. The van der Waals surface area contributed by atoms with Crippen LogP contribution < -0.4 is 15.5 Å². The van der Waals surface area contributed by atoms with Crippen LogP contribution in [0, 0.1) is 12.8 Å². The van der Waals surface area contributed by atoms with E-state index in [4.69, 9.17) is 0 Å². The van der Waals surface area contributed by atoms with Crippen LogP contribution in [-0.4, -0.2) is 24.8 Å². The van der Waals surface area contributed by atoms with Crippen molar-refractivity contribution in [2.24, 2.45) is 5.92 Å². The Morgan fingerprint density at radius 1 is 1.03 bits per heavy atom. The number of anilines is 2. The van der Waals surface area contributed by atoms with E-state index < -0.39 is 5.92 Å². The third-order valence-corrected chi connectivity index (χ3v) is 6.67. The van der Waals surface area contributed by atoms with Crippen LogP contribution in [0.1, 0.15) is 39.7 Å². The van der Waals surface area contributed by atoms with Crippen molar-refractivity contribution >= 4 is 40.4 Å². The first-order valence-electron chi connectivity index (χ1n) is 10.5. The second-order valence-electron chi connectivity index (χ2n) is 7.85. The SMILES string of the molecule is CNC(=O)c1ccc(NC(=O)C2CCC(=O)N(c3ccc(C)cc3)C2c2cccs2)cc1. The maximum absolute atomic E-state index is 13.4. The average molecular weight is 448 g/mol. The summed E-state index contributed by atoms with van der Waals surface area (Å²) in [5.41, 5.74) is 3.05. The van der Waals surface area contributed by atoms with E-state index >= 15 is 0 Å². The molecule has 0 saturated carbocycles. The van der Waals surface area contributed by atoms with Gasteiger partial charge in [-0.2, -0.15) is 0 Å². The van der Waals surface area contributed by atoms with Crippen molar-refractivity contribution in [1.82, 2.24) is 5.32 Å². The minimum Gasteiger partial charge on any atom is -0.355 e. The first-order chi connectivity index (χ1) is 15.5. The van der Waals surface area contributed by atoms with Crippen molar-refractivity contribution < 1.29 is 14.4 Å². The van der Waals surface area contributed by atoms with Crippen LogP contribution >= 0.6 is 11.3 Å². The molecule has 2 N–H and O–H groups in total. The molecule has 3 amide bonds. The Morgan fingerprint density at radius 2 is 1.75 bits per heavy atom. The van der Waals surface area contributed by atoms with E-state index in [-0.39, 0.29) is 23.8 Å². The number of piperidine rings is 1. The van der Waals surface area contributed by atoms with Crippen LogP contribution in [0.3, 0.4) is 0 Å². The molecule has 1 aliphatic rings. The lowest BCUT2D eigenvalue weighted by atomic mass is 9.86. The average Bonchev–Trinajstić information content (AvgIpc) is 3.34. The molecule has 2 heterocycles. The number of benzene rings is 2.